The van der Waals surface area contributed by atoms with Crippen molar-refractivity contribution < 1.29 is 18.4 Å². The molecule has 4 nitrogen and oxygen atoms in total. The number of amides is 2. The quantitative estimate of drug-likeness (QED) is 0.452. The van der Waals surface area contributed by atoms with Gasteiger partial charge in [0.05, 0.1) is 0 Å². The van der Waals surface area contributed by atoms with Crippen LogP contribution < -0.4 is 10.6 Å². The average Bonchev–Trinajstić information content (AvgIpc) is 2.71. The maximum Gasteiger partial charge on any atom is 0.220 e. The summed E-state index contributed by atoms with van der Waals surface area (Å²) in [7, 11) is 0. The van der Waals surface area contributed by atoms with Gasteiger partial charge in [-0.25, -0.2) is 8.78 Å². The third kappa shape index (κ3) is 10.0. The fourth-order valence-corrected chi connectivity index (χ4v) is 3.96. The summed E-state index contributed by atoms with van der Waals surface area (Å²) in [5, 5.41) is 6.00. The van der Waals surface area contributed by atoms with Crippen molar-refractivity contribution in [1.29, 1.82) is 0 Å². The van der Waals surface area contributed by atoms with E-state index in [-0.39, 0.29) is 23.9 Å². The highest BCUT2D eigenvalue weighted by molar-refractivity contribution is 5.76. The van der Waals surface area contributed by atoms with Crippen molar-refractivity contribution in [3.8, 4) is 0 Å². The first-order chi connectivity index (χ1) is 15.4. The maximum atomic E-state index is 13.5. The summed E-state index contributed by atoms with van der Waals surface area (Å²) in [5.41, 5.74) is 1.72. The normalized spacial score (nSPS) is 12.8. The highest BCUT2D eigenvalue weighted by Gasteiger charge is 2.17. The largest absolute Gasteiger partial charge is 0.353 e. The van der Waals surface area contributed by atoms with Gasteiger partial charge < -0.3 is 10.6 Å². The van der Waals surface area contributed by atoms with Crippen LogP contribution in [0, 0.1) is 11.6 Å². The van der Waals surface area contributed by atoms with Gasteiger partial charge in [-0.05, 0) is 61.8 Å². The summed E-state index contributed by atoms with van der Waals surface area (Å²) in [6.07, 6.45) is 5.50. The van der Waals surface area contributed by atoms with Gasteiger partial charge in [-0.2, -0.15) is 0 Å². The molecule has 2 amide bonds. The van der Waals surface area contributed by atoms with E-state index >= 15 is 0 Å². The minimum Gasteiger partial charge on any atom is -0.353 e. The number of aryl methyl sites for hydroxylation is 1. The van der Waals surface area contributed by atoms with Crippen molar-refractivity contribution in [2.24, 2.45) is 0 Å². The Morgan fingerprint density at radius 2 is 1.53 bits per heavy atom. The molecule has 0 aliphatic heterocycles. The first-order valence-electron chi connectivity index (χ1n) is 11.4. The Hall–Kier alpha value is -2.76. The second-order valence-corrected chi connectivity index (χ2v) is 8.35. The molecule has 0 saturated heterocycles. The van der Waals surface area contributed by atoms with Crippen molar-refractivity contribution in [1.82, 2.24) is 10.6 Å². The Balaban J connectivity index is 1.87. The van der Waals surface area contributed by atoms with E-state index in [0.717, 1.165) is 31.7 Å². The van der Waals surface area contributed by atoms with Crippen LogP contribution in [0.2, 0.25) is 0 Å². The lowest BCUT2D eigenvalue weighted by Gasteiger charge is -2.23. The summed E-state index contributed by atoms with van der Waals surface area (Å²) in [5.74, 6) is -1.42. The van der Waals surface area contributed by atoms with Gasteiger partial charge in [-0.15, -0.1) is 0 Å². The number of carbonyl (C=O) groups excluding carboxylic acids is 2. The van der Waals surface area contributed by atoms with Crippen molar-refractivity contribution in [3.63, 3.8) is 0 Å². The molecule has 0 aliphatic carbocycles. The second-order valence-electron chi connectivity index (χ2n) is 8.35. The van der Waals surface area contributed by atoms with Gasteiger partial charge in [0.25, 0.3) is 0 Å². The summed E-state index contributed by atoms with van der Waals surface area (Å²) in [4.78, 5) is 24.1. The summed E-state index contributed by atoms with van der Waals surface area (Å²) in [6.45, 7) is 3.49. The van der Waals surface area contributed by atoms with Gasteiger partial charge in [0.2, 0.25) is 11.8 Å². The fourth-order valence-electron chi connectivity index (χ4n) is 3.96. The zero-order chi connectivity index (χ0) is 23.3. The Bertz CT molecular complexity index is 838. The molecule has 1 unspecified atom stereocenters. The van der Waals surface area contributed by atoms with Crippen molar-refractivity contribution in [2.75, 3.05) is 0 Å². The first kappa shape index (κ1) is 25.5. The van der Waals surface area contributed by atoms with Crippen LogP contribution in [0.25, 0.3) is 0 Å². The molecule has 2 rings (SSSR count). The number of hydrogen-bond donors (Lipinski definition) is 2. The van der Waals surface area contributed by atoms with Gasteiger partial charge in [0, 0.05) is 31.5 Å². The van der Waals surface area contributed by atoms with Crippen LogP contribution in [0.3, 0.4) is 0 Å². The van der Waals surface area contributed by atoms with Crippen LogP contribution in [0.1, 0.15) is 63.5 Å². The molecule has 0 radical (unpaired) electrons. The number of carbonyl (C=O) groups is 2. The predicted molar refractivity (Wildman–Crippen MR) is 123 cm³/mol. The highest BCUT2D eigenvalue weighted by atomic mass is 19.1. The lowest BCUT2D eigenvalue weighted by Crippen LogP contribution is -2.39. The van der Waals surface area contributed by atoms with E-state index in [9.17, 15) is 18.4 Å². The third-order valence-corrected chi connectivity index (χ3v) is 5.39. The predicted octanol–water partition coefficient (Wildman–Crippen LogP) is 5.10. The molecule has 2 aromatic carbocycles. The Labute approximate surface area is 189 Å². The third-order valence-electron chi connectivity index (χ3n) is 5.39. The zero-order valence-electron chi connectivity index (χ0n) is 19.0. The topological polar surface area (TPSA) is 58.2 Å². The number of benzene rings is 2. The Kier molecular flexibility index (Phi) is 10.8. The van der Waals surface area contributed by atoms with E-state index in [0.29, 0.717) is 31.2 Å². The molecule has 0 spiro atoms. The minimum atomic E-state index is -0.631. The lowest BCUT2D eigenvalue weighted by molar-refractivity contribution is -0.122. The van der Waals surface area contributed by atoms with Crippen LogP contribution in [0.15, 0.2) is 48.5 Å². The molecule has 0 aromatic heterocycles. The number of hydrogen-bond acceptors (Lipinski definition) is 2. The fraction of sp³-hybridized carbons (Fsp3) is 0.462. The molecule has 0 heterocycles. The van der Waals surface area contributed by atoms with Crippen molar-refractivity contribution in [2.45, 2.75) is 77.3 Å². The standard InChI is InChI=1S/C26H34F2N2O2/c1-3-8-24(30-26(32)12-7-11-20-9-5-4-6-10-20)13-14-25(29-19(2)31)17-21-15-22(27)18-23(28)16-21/h4-6,9-10,15-16,18,24-25H,3,7-8,11-14,17H2,1-2H3,(H,29,31)(H,30,32)/t24?,25-/m1/s1. The van der Waals surface area contributed by atoms with Gasteiger partial charge in [0.1, 0.15) is 11.6 Å². The van der Waals surface area contributed by atoms with Crippen LogP contribution >= 0.6 is 0 Å². The molecule has 2 N–H and O–H groups in total. The molecule has 0 saturated carbocycles. The van der Waals surface area contributed by atoms with Gasteiger partial charge >= 0.3 is 0 Å². The number of nitrogens with one attached hydrogen (secondary N) is 2. The molecule has 0 fully saturated rings. The number of halogens is 2. The maximum absolute atomic E-state index is 13.5. The van der Waals surface area contributed by atoms with E-state index in [1.807, 2.05) is 18.2 Å². The Morgan fingerprint density at radius 1 is 0.875 bits per heavy atom. The molecule has 0 aliphatic rings. The molecular weight excluding hydrogens is 410 g/mol. The average molecular weight is 445 g/mol. The minimum absolute atomic E-state index is 0.00438. The van der Waals surface area contributed by atoms with Crippen LogP contribution in [0.5, 0.6) is 0 Å². The monoisotopic (exact) mass is 444 g/mol. The van der Waals surface area contributed by atoms with E-state index in [1.165, 1.54) is 24.6 Å². The van der Waals surface area contributed by atoms with E-state index in [4.69, 9.17) is 0 Å². The molecule has 2 aromatic rings. The van der Waals surface area contributed by atoms with Crippen LogP contribution in [-0.4, -0.2) is 23.9 Å². The Morgan fingerprint density at radius 3 is 2.16 bits per heavy atom. The van der Waals surface area contributed by atoms with Crippen molar-refractivity contribution in [3.05, 3.63) is 71.3 Å². The highest BCUT2D eigenvalue weighted by Crippen LogP contribution is 2.15. The second kappa shape index (κ2) is 13.6. The van der Waals surface area contributed by atoms with Crippen LogP contribution in [0.4, 0.5) is 8.78 Å². The first-order valence-corrected chi connectivity index (χ1v) is 11.4. The van der Waals surface area contributed by atoms with Gasteiger partial charge in [-0.1, -0.05) is 43.7 Å². The van der Waals surface area contributed by atoms with E-state index < -0.39 is 11.6 Å². The summed E-state index contributed by atoms with van der Waals surface area (Å²) < 4.78 is 27.1. The summed E-state index contributed by atoms with van der Waals surface area (Å²) in [6, 6.07) is 13.2. The number of rotatable bonds is 13. The SMILES string of the molecule is CCCC(CC[C@H](Cc1cc(F)cc(F)c1)NC(C)=O)NC(=O)CCCc1ccccc1. The van der Waals surface area contributed by atoms with Gasteiger partial charge in [-0.3, -0.25) is 9.59 Å². The molecule has 0 bridgehead atoms. The zero-order valence-corrected chi connectivity index (χ0v) is 19.0. The van der Waals surface area contributed by atoms with Crippen molar-refractivity contribution >= 4 is 11.8 Å². The molecular formula is C26H34F2N2O2. The van der Waals surface area contributed by atoms with E-state index in [2.05, 4.69) is 29.7 Å². The molecule has 2 atom stereocenters. The smallest absolute Gasteiger partial charge is 0.220 e. The summed E-state index contributed by atoms with van der Waals surface area (Å²) >= 11 is 0. The van der Waals surface area contributed by atoms with Crippen LogP contribution in [-0.2, 0) is 22.4 Å². The molecule has 32 heavy (non-hydrogen) atoms. The van der Waals surface area contributed by atoms with E-state index in [1.54, 1.807) is 0 Å². The lowest BCUT2D eigenvalue weighted by atomic mass is 9.97. The van der Waals surface area contributed by atoms with Gasteiger partial charge in [0.15, 0.2) is 0 Å². The molecule has 174 valence electrons. The molecule has 6 heteroatoms.